The molecular formula is C18H24Cl3N5O2. The number of hydrogen-bond acceptors (Lipinski definition) is 5. The van der Waals surface area contributed by atoms with Crippen LogP contribution in [-0.2, 0) is 22.5 Å². The van der Waals surface area contributed by atoms with Gasteiger partial charge in [0.1, 0.15) is 11.9 Å². The number of nitrogens with zero attached hydrogens (tertiary/aromatic N) is 3. The molecule has 0 spiro atoms. The van der Waals surface area contributed by atoms with Gasteiger partial charge in [-0.15, -0.1) is 35.0 Å². The number of nitrogens with one attached hydrogen (secondary N) is 2. The molecule has 1 unspecified atom stereocenters. The summed E-state index contributed by atoms with van der Waals surface area (Å²) in [5, 5.41) is 15.4. The van der Waals surface area contributed by atoms with E-state index in [-0.39, 0.29) is 30.7 Å². The standard InChI is InChI=1S/C18H22ClN5O2.2ClH/c19-14-6-5-12(21-18(25)15-11-20-7-9-26-15)10-13(14)17-23-22-16-4-2-1-3-8-24(16)17;;/h5-6,10,15,20H,1-4,7-9,11H2,(H,21,25);2*1H. The Bertz CT molecular complexity index is 809. The predicted molar refractivity (Wildman–Crippen MR) is 114 cm³/mol. The summed E-state index contributed by atoms with van der Waals surface area (Å²) in [4.78, 5) is 12.4. The summed E-state index contributed by atoms with van der Waals surface area (Å²) in [5.41, 5.74) is 1.46. The third-order valence-electron chi connectivity index (χ3n) is 4.80. The van der Waals surface area contributed by atoms with Gasteiger partial charge in [0, 0.05) is 37.3 Å². The number of anilines is 1. The number of morpholine rings is 1. The number of carbonyl (C=O) groups is 1. The second-order valence-corrected chi connectivity index (χ2v) is 7.06. The summed E-state index contributed by atoms with van der Waals surface area (Å²) in [6.45, 7) is 2.72. The number of ether oxygens (including phenoxy) is 1. The first-order valence-electron chi connectivity index (χ1n) is 9.07. The SMILES string of the molecule is Cl.Cl.O=C(Nc1ccc(Cl)c(-c2nnc3n2CCCCC3)c1)C1CNCCO1. The molecule has 28 heavy (non-hydrogen) atoms. The summed E-state index contributed by atoms with van der Waals surface area (Å²) in [6.07, 6.45) is 3.90. The molecule has 0 aliphatic carbocycles. The predicted octanol–water partition coefficient (Wildman–Crippen LogP) is 3.10. The van der Waals surface area contributed by atoms with Crippen LogP contribution in [0, 0.1) is 0 Å². The highest BCUT2D eigenvalue weighted by Gasteiger charge is 2.23. The monoisotopic (exact) mass is 447 g/mol. The average molecular weight is 449 g/mol. The van der Waals surface area contributed by atoms with Crippen molar-refractivity contribution >= 4 is 48.0 Å². The third-order valence-corrected chi connectivity index (χ3v) is 5.13. The minimum Gasteiger partial charge on any atom is -0.366 e. The lowest BCUT2D eigenvalue weighted by Gasteiger charge is -2.22. The van der Waals surface area contributed by atoms with E-state index >= 15 is 0 Å². The Balaban J connectivity index is 0.00000140. The largest absolute Gasteiger partial charge is 0.366 e. The van der Waals surface area contributed by atoms with Crippen molar-refractivity contribution in [3.63, 3.8) is 0 Å². The van der Waals surface area contributed by atoms with Crippen LogP contribution >= 0.6 is 36.4 Å². The summed E-state index contributed by atoms with van der Waals surface area (Å²) < 4.78 is 7.65. The highest BCUT2D eigenvalue weighted by atomic mass is 35.5. The fourth-order valence-corrected chi connectivity index (χ4v) is 3.62. The summed E-state index contributed by atoms with van der Waals surface area (Å²) in [5.74, 6) is 1.61. The molecule has 1 atom stereocenters. The number of aromatic nitrogens is 3. The maximum atomic E-state index is 12.4. The van der Waals surface area contributed by atoms with Crippen LogP contribution in [0.25, 0.3) is 11.4 Å². The molecule has 4 rings (SSSR count). The van der Waals surface area contributed by atoms with E-state index < -0.39 is 6.10 Å². The molecule has 1 amide bonds. The third kappa shape index (κ3) is 4.96. The molecule has 1 aromatic carbocycles. The van der Waals surface area contributed by atoms with Gasteiger partial charge in [-0.25, -0.2) is 0 Å². The molecular weight excluding hydrogens is 425 g/mol. The maximum absolute atomic E-state index is 12.4. The Labute approximate surface area is 181 Å². The van der Waals surface area contributed by atoms with E-state index in [2.05, 4.69) is 25.4 Å². The zero-order valence-electron chi connectivity index (χ0n) is 15.3. The topological polar surface area (TPSA) is 81.1 Å². The fraction of sp³-hybridized carbons (Fsp3) is 0.500. The van der Waals surface area contributed by atoms with Crippen molar-refractivity contribution < 1.29 is 9.53 Å². The van der Waals surface area contributed by atoms with E-state index in [1.165, 1.54) is 6.42 Å². The van der Waals surface area contributed by atoms with Crippen molar-refractivity contribution in [2.75, 3.05) is 25.0 Å². The first-order valence-corrected chi connectivity index (χ1v) is 9.45. The Hall–Kier alpha value is -1.38. The van der Waals surface area contributed by atoms with Crippen molar-refractivity contribution in [2.45, 2.75) is 38.3 Å². The number of benzene rings is 1. The Kier molecular flexibility index (Phi) is 8.52. The summed E-state index contributed by atoms with van der Waals surface area (Å²) in [6, 6.07) is 5.43. The second-order valence-electron chi connectivity index (χ2n) is 6.65. The van der Waals surface area contributed by atoms with Gasteiger partial charge in [-0.1, -0.05) is 18.0 Å². The van der Waals surface area contributed by atoms with E-state index in [4.69, 9.17) is 16.3 Å². The van der Waals surface area contributed by atoms with Crippen molar-refractivity contribution in [3.05, 3.63) is 29.0 Å². The Morgan fingerprint density at radius 2 is 2.11 bits per heavy atom. The van der Waals surface area contributed by atoms with Gasteiger partial charge in [-0.05, 0) is 31.0 Å². The first-order chi connectivity index (χ1) is 12.7. The van der Waals surface area contributed by atoms with Gasteiger partial charge in [-0.3, -0.25) is 4.79 Å². The molecule has 0 bridgehead atoms. The van der Waals surface area contributed by atoms with Crippen LogP contribution in [0.3, 0.4) is 0 Å². The van der Waals surface area contributed by atoms with Gasteiger partial charge in [0.25, 0.3) is 5.91 Å². The molecule has 1 fully saturated rings. The van der Waals surface area contributed by atoms with E-state index in [0.29, 0.717) is 23.9 Å². The second kappa shape index (κ2) is 10.4. The van der Waals surface area contributed by atoms with Crippen LogP contribution in [0.1, 0.15) is 25.1 Å². The van der Waals surface area contributed by atoms with Gasteiger partial charge in [0.05, 0.1) is 11.6 Å². The van der Waals surface area contributed by atoms with Gasteiger partial charge >= 0.3 is 0 Å². The molecule has 2 N–H and O–H groups in total. The fourth-order valence-electron chi connectivity index (χ4n) is 3.42. The normalized spacial score (nSPS) is 18.8. The highest BCUT2D eigenvalue weighted by Crippen LogP contribution is 2.31. The van der Waals surface area contributed by atoms with E-state index in [0.717, 1.165) is 49.6 Å². The minimum absolute atomic E-state index is 0. The summed E-state index contributed by atoms with van der Waals surface area (Å²) >= 11 is 6.43. The summed E-state index contributed by atoms with van der Waals surface area (Å²) in [7, 11) is 0. The number of halogens is 3. The van der Waals surface area contributed by atoms with Gasteiger partial charge in [-0.2, -0.15) is 0 Å². The zero-order chi connectivity index (χ0) is 17.9. The van der Waals surface area contributed by atoms with Crippen LogP contribution < -0.4 is 10.6 Å². The van der Waals surface area contributed by atoms with Crippen LogP contribution in [-0.4, -0.2) is 46.5 Å². The van der Waals surface area contributed by atoms with Crippen molar-refractivity contribution in [3.8, 4) is 11.4 Å². The van der Waals surface area contributed by atoms with Crippen LogP contribution in [0.2, 0.25) is 5.02 Å². The lowest BCUT2D eigenvalue weighted by Crippen LogP contribution is -2.45. The molecule has 1 saturated heterocycles. The lowest BCUT2D eigenvalue weighted by molar-refractivity contribution is -0.128. The highest BCUT2D eigenvalue weighted by molar-refractivity contribution is 6.33. The van der Waals surface area contributed by atoms with Gasteiger partial charge in [0.2, 0.25) is 0 Å². The molecule has 7 nitrogen and oxygen atoms in total. The molecule has 0 saturated carbocycles. The molecule has 3 heterocycles. The van der Waals surface area contributed by atoms with Crippen molar-refractivity contribution in [1.82, 2.24) is 20.1 Å². The Morgan fingerprint density at radius 3 is 2.89 bits per heavy atom. The number of fused-ring (bicyclic) bond motifs is 1. The average Bonchev–Trinajstić information content (AvgIpc) is 2.92. The lowest BCUT2D eigenvalue weighted by atomic mass is 10.1. The molecule has 2 aliphatic heterocycles. The number of carbonyl (C=O) groups excluding carboxylic acids is 1. The number of amides is 1. The molecule has 0 radical (unpaired) electrons. The molecule has 10 heteroatoms. The smallest absolute Gasteiger partial charge is 0.254 e. The van der Waals surface area contributed by atoms with Crippen LogP contribution in [0.4, 0.5) is 5.69 Å². The molecule has 2 aliphatic rings. The molecule has 1 aromatic heterocycles. The number of rotatable bonds is 3. The zero-order valence-corrected chi connectivity index (χ0v) is 17.7. The minimum atomic E-state index is -0.479. The quantitative estimate of drug-likeness (QED) is 0.754. The van der Waals surface area contributed by atoms with E-state index in [1.807, 2.05) is 6.07 Å². The number of hydrogen-bond donors (Lipinski definition) is 2. The molecule has 154 valence electrons. The maximum Gasteiger partial charge on any atom is 0.254 e. The van der Waals surface area contributed by atoms with Crippen molar-refractivity contribution in [2.24, 2.45) is 0 Å². The van der Waals surface area contributed by atoms with Gasteiger partial charge < -0.3 is 19.9 Å². The Morgan fingerprint density at radius 1 is 1.25 bits per heavy atom. The molecule has 2 aromatic rings. The van der Waals surface area contributed by atoms with Crippen LogP contribution in [0.15, 0.2) is 18.2 Å². The van der Waals surface area contributed by atoms with E-state index in [1.54, 1.807) is 12.1 Å². The number of aryl methyl sites for hydroxylation is 1. The van der Waals surface area contributed by atoms with E-state index in [9.17, 15) is 4.79 Å². The van der Waals surface area contributed by atoms with Gasteiger partial charge in [0.15, 0.2) is 5.82 Å². The first kappa shape index (κ1) is 22.9. The van der Waals surface area contributed by atoms with Crippen LogP contribution in [0.5, 0.6) is 0 Å². The van der Waals surface area contributed by atoms with Crippen molar-refractivity contribution in [1.29, 1.82) is 0 Å².